The van der Waals surface area contributed by atoms with Crippen LogP contribution in [-0.4, -0.2) is 39.2 Å². The Kier molecular flexibility index (Phi) is 8.80. The lowest BCUT2D eigenvalue weighted by Gasteiger charge is -2.24. The molecule has 2 heterocycles. The largest absolute Gasteiger partial charge is 0.460 e. The van der Waals surface area contributed by atoms with Crippen LogP contribution in [0.25, 0.3) is 11.1 Å². The molecule has 11 heteroatoms. The topological polar surface area (TPSA) is 121 Å². The van der Waals surface area contributed by atoms with Crippen LogP contribution in [0.2, 0.25) is 5.02 Å². The first-order valence-electron chi connectivity index (χ1n) is 12.2. The predicted octanol–water partition coefficient (Wildman–Crippen LogP) is 6.37. The van der Waals surface area contributed by atoms with Crippen LogP contribution in [0.5, 0.6) is 0 Å². The number of rotatable bonds is 7. The number of pyridine rings is 1. The van der Waals surface area contributed by atoms with Crippen molar-refractivity contribution in [1.82, 2.24) is 15.5 Å². The van der Waals surface area contributed by atoms with Gasteiger partial charge in [0.05, 0.1) is 23.2 Å². The number of aromatic nitrogens is 2. The van der Waals surface area contributed by atoms with Gasteiger partial charge in [-0.15, -0.1) is 0 Å². The van der Waals surface area contributed by atoms with Crippen molar-refractivity contribution in [2.45, 2.75) is 72.1 Å². The summed E-state index contributed by atoms with van der Waals surface area (Å²) in [7, 11) is 0. The van der Waals surface area contributed by atoms with Crippen molar-refractivity contribution in [2.24, 2.45) is 0 Å². The molecule has 0 aliphatic heterocycles. The summed E-state index contributed by atoms with van der Waals surface area (Å²) >= 11 is 5.94. The maximum atomic E-state index is 15.1. The molecule has 0 aliphatic carbocycles. The van der Waals surface area contributed by atoms with Gasteiger partial charge in [-0.05, 0) is 78.8 Å². The number of aryl methyl sites for hydroxylation is 1. The summed E-state index contributed by atoms with van der Waals surface area (Å²) in [5.74, 6) is -2.28. The maximum absolute atomic E-state index is 15.1. The number of ketones is 1. The van der Waals surface area contributed by atoms with E-state index in [2.05, 4.69) is 15.5 Å². The number of nitrogens with zero attached hydrogens (tertiary/aromatic N) is 2. The molecule has 0 spiro atoms. The van der Waals surface area contributed by atoms with Crippen molar-refractivity contribution >= 4 is 29.4 Å². The van der Waals surface area contributed by atoms with Gasteiger partial charge in [-0.3, -0.25) is 9.59 Å². The summed E-state index contributed by atoms with van der Waals surface area (Å²) in [6, 6.07) is 6.28. The molecule has 0 bridgehead atoms. The Labute approximate surface area is 231 Å². The van der Waals surface area contributed by atoms with Crippen LogP contribution in [0.15, 0.2) is 41.1 Å². The third-order valence-electron chi connectivity index (χ3n) is 5.19. The number of carbonyl (C=O) groups is 3. The second-order valence-corrected chi connectivity index (χ2v) is 11.3. The minimum atomic E-state index is -1.12. The van der Waals surface area contributed by atoms with Crippen LogP contribution in [0.4, 0.5) is 9.18 Å². The van der Waals surface area contributed by atoms with Gasteiger partial charge in [0.1, 0.15) is 17.2 Å². The molecule has 1 N–H and O–H groups in total. The molecular formula is C28H31ClFN3O6. The molecular weight excluding hydrogens is 529 g/mol. The van der Waals surface area contributed by atoms with Gasteiger partial charge in [-0.1, -0.05) is 16.8 Å². The second kappa shape index (κ2) is 11.5. The zero-order valence-corrected chi connectivity index (χ0v) is 23.6. The molecule has 3 aromatic rings. The summed E-state index contributed by atoms with van der Waals surface area (Å²) in [5, 5.41) is 7.04. The van der Waals surface area contributed by atoms with Crippen molar-refractivity contribution in [3.63, 3.8) is 0 Å². The van der Waals surface area contributed by atoms with E-state index >= 15 is 4.39 Å². The van der Waals surface area contributed by atoms with Crippen LogP contribution < -0.4 is 5.32 Å². The standard InChI is InChI=1S/C28H31ClFN3O6/c1-15-21(18-12-13-31-25(30)22(18)23(35)16-8-10-17(29)11-9-16)24(39-33-15)19(14-20(34)37-27(2,3)4)32-26(36)38-28(5,6)7/h8-13,19H,14H2,1-7H3,(H,32,36). The number of carbonyl (C=O) groups excluding carboxylic acids is 3. The molecule has 1 aromatic carbocycles. The molecule has 0 saturated carbocycles. The highest BCUT2D eigenvalue weighted by Gasteiger charge is 2.33. The van der Waals surface area contributed by atoms with Crippen LogP contribution in [-0.2, 0) is 14.3 Å². The number of hydrogen-bond donors (Lipinski definition) is 1. The van der Waals surface area contributed by atoms with Crippen molar-refractivity contribution in [3.8, 4) is 11.1 Å². The summed E-state index contributed by atoms with van der Waals surface area (Å²) in [6.45, 7) is 11.8. The highest BCUT2D eigenvalue weighted by molar-refractivity contribution is 6.30. The molecule has 3 rings (SSSR count). The zero-order chi connectivity index (χ0) is 29.1. The van der Waals surface area contributed by atoms with E-state index in [1.165, 1.54) is 36.5 Å². The maximum Gasteiger partial charge on any atom is 0.408 e. The van der Waals surface area contributed by atoms with Gasteiger partial charge < -0.3 is 19.3 Å². The van der Waals surface area contributed by atoms with Crippen molar-refractivity contribution in [1.29, 1.82) is 0 Å². The zero-order valence-electron chi connectivity index (χ0n) is 22.8. The van der Waals surface area contributed by atoms with E-state index in [-0.39, 0.29) is 34.4 Å². The molecule has 208 valence electrons. The smallest absolute Gasteiger partial charge is 0.408 e. The quantitative estimate of drug-likeness (QED) is 0.201. The molecule has 0 aliphatic rings. The first kappa shape index (κ1) is 29.8. The minimum Gasteiger partial charge on any atom is -0.460 e. The Bertz CT molecular complexity index is 1340. The molecule has 1 atom stereocenters. The van der Waals surface area contributed by atoms with Crippen molar-refractivity contribution in [2.75, 3.05) is 0 Å². The van der Waals surface area contributed by atoms with Crippen LogP contribution in [0.1, 0.15) is 81.4 Å². The van der Waals surface area contributed by atoms with E-state index in [0.29, 0.717) is 10.7 Å². The fraction of sp³-hybridized carbons (Fsp3) is 0.393. The number of esters is 1. The molecule has 0 radical (unpaired) electrons. The fourth-order valence-electron chi connectivity index (χ4n) is 3.77. The Morgan fingerprint density at radius 2 is 1.64 bits per heavy atom. The van der Waals surface area contributed by atoms with Gasteiger partial charge in [-0.25, -0.2) is 9.78 Å². The van der Waals surface area contributed by atoms with E-state index in [9.17, 15) is 14.4 Å². The third kappa shape index (κ3) is 7.86. The SMILES string of the molecule is Cc1noc(C(CC(=O)OC(C)(C)C)NC(=O)OC(C)(C)C)c1-c1ccnc(F)c1C(=O)c1ccc(Cl)cc1. The monoisotopic (exact) mass is 559 g/mol. The van der Waals surface area contributed by atoms with E-state index in [1.807, 2.05) is 0 Å². The molecule has 9 nitrogen and oxygen atoms in total. The first-order valence-corrected chi connectivity index (χ1v) is 12.6. The first-order chi connectivity index (χ1) is 18.1. The lowest BCUT2D eigenvalue weighted by atomic mass is 9.92. The highest BCUT2D eigenvalue weighted by atomic mass is 35.5. The van der Waals surface area contributed by atoms with E-state index in [0.717, 1.165) is 0 Å². The number of amides is 1. The van der Waals surface area contributed by atoms with Crippen LogP contribution >= 0.6 is 11.6 Å². The summed E-state index contributed by atoms with van der Waals surface area (Å²) in [6.07, 6.45) is 0.0185. The number of alkyl carbamates (subject to hydrolysis) is 1. The van der Waals surface area contributed by atoms with Gasteiger partial charge in [0.25, 0.3) is 0 Å². The van der Waals surface area contributed by atoms with Crippen LogP contribution in [0.3, 0.4) is 0 Å². The minimum absolute atomic E-state index is 0.0139. The molecule has 1 amide bonds. The normalized spacial score (nSPS) is 12.5. The summed E-state index contributed by atoms with van der Waals surface area (Å²) in [5.41, 5.74) is -1.13. The number of hydrogen-bond acceptors (Lipinski definition) is 8. The summed E-state index contributed by atoms with van der Waals surface area (Å²) in [4.78, 5) is 42.6. The molecule has 0 fully saturated rings. The summed E-state index contributed by atoms with van der Waals surface area (Å²) < 4.78 is 31.5. The van der Waals surface area contributed by atoms with Crippen LogP contribution in [0, 0.1) is 12.9 Å². The number of ether oxygens (including phenoxy) is 2. The Hall–Kier alpha value is -3.79. The average Bonchev–Trinajstić information content (AvgIpc) is 3.17. The molecule has 1 unspecified atom stereocenters. The Morgan fingerprint density at radius 3 is 2.23 bits per heavy atom. The van der Waals surface area contributed by atoms with Gasteiger partial charge in [0.2, 0.25) is 5.95 Å². The van der Waals surface area contributed by atoms with E-state index < -0.39 is 41.0 Å². The predicted molar refractivity (Wildman–Crippen MR) is 142 cm³/mol. The van der Waals surface area contributed by atoms with Gasteiger partial charge in [0, 0.05) is 22.3 Å². The van der Waals surface area contributed by atoms with Crippen molar-refractivity contribution < 1.29 is 32.8 Å². The van der Waals surface area contributed by atoms with E-state index in [1.54, 1.807) is 48.5 Å². The number of nitrogens with one attached hydrogen (secondary N) is 1. The number of benzene rings is 1. The van der Waals surface area contributed by atoms with Gasteiger partial charge >= 0.3 is 12.1 Å². The molecule has 0 saturated heterocycles. The van der Waals surface area contributed by atoms with E-state index in [4.69, 9.17) is 25.6 Å². The lowest BCUT2D eigenvalue weighted by Crippen LogP contribution is -2.36. The number of halogens is 2. The third-order valence-corrected chi connectivity index (χ3v) is 5.45. The molecule has 2 aromatic heterocycles. The van der Waals surface area contributed by atoms with Crippen molar-refractivity contribution in [3.05, 3.63) is 70.1 Å². The fourth-order valence-corrected chi connectivity index (χ4v) is 3.89. The Balaban J connectivity index is 2.12. The molecule has 39 heavy (non-hydrogen) atoms. The Morgan fingerprint density at radius 1 is 1.03 bits per heavy atom. The average molecular weight is 560 g/mol. The van der Waals surface area contributed by atoms with Gasteiger partial charge in [0.15, 0.2) is 11.5 Å². The highest BCUT2D eigenvalue weighted by Crippen LogP contribution is 2.37. The van der Waals surface area contributed by atoms with Gasteiger partial charge in [-0.2, -0.15) is 4.39 Å². The lowest BCUT2D eigenvalue weighted by molar-refractivity contribution is -0.155. The second-order valence-electron chi connectivity index (χ2n) is 10.9.